The Morgan fingerprint density at radius 1 is 1.28 bits per heavy atom. The first-order valence-corrected chi connectivity index (χ1v) is 11.4. The predicted octanol–water partition coefficient (Wildman–Crippen LogP) is 2.11. The number of carbonyl (C=O) groups excluding carboxylic acids is 1. The number of aryl methyl sites for hydroxylation is 1. The third kappa shape index (κ3) is 3.72. The maximum absolute atomic E-state index is 13.0. The van der Waals surface area contributed by atoms with Crippen LogP contribution in [-0.2, 0) is 15.1 Å². The Morgan fingerprint density at radius 3 is 2.66 bits per heavy atom. The van der Waals surface area contributed by atoms with Crippen molar-refractivity contribution in [3.63, 3.8) is 0 Å². The van der Waals surface area contributed by atoms with Crippen molar-refractivity contribution in [3.8, 4) is 0 Å². The summed E-state index contributed by atoms with van der Waals surface area (Å²) in [4.78, 5) is 19.8. The van der Waals surface area contributed by atoms with E-state index < -0.39 is 0 Å². The normalized spacial score (nSPS) is 37.6. The summed E-state index contributed by atoms with van der Waals surface area (Å²) in [6.07, 6.45) is 9.88. The van der Waals surface area contributed by atoms with Gasteiger partial charge in [-0.25, -0.2) is 9.67 Å². The van der Waals surface area contributed by atoms with Gasteiger partial charge in [0.25, 0.3) is 0 Å². The maximum Gasteiger partial charge on any atom is 0.220 e. The van der Waals surface area contributed by atoms with Crippen LogP contribution >= 0.6 is 0 Å². The minimum atomic E-state index is 0.0900. The summed E-state index contributed by atoms with van der Waals surface area (Å²) in [5.74, 6) is 2.56. The van der Waals surface area contributed by atoms with Crippen molar-refractivity contribution >= 4 is 5.91 Å². The number of hydrogen-bond acceptors (Lipinski definition) is 5. The summed E-state index contributed by atoms with van der Waals surface area (Å²) in [5.41, 5.74) is 0.239. The zero-order chi connectivity index (χ0) is 20.1. The number of carbonyl (C=O) groups is 1. The first kappa shape index (κ1) is 19.5. The molecule has 5 aliphatic rings. The van der Waals surface area contributed by atoms with Crippen molar-refractivity contribution in [2.24, 2.45) is 17.3 Å². The molecule has 29 heavy (non-hydrogen) atoms. The monoisotopic (exact) mass is 401 g/mol. The SMILES string of the molecule is Cc1ncn(C23CC4CC(CC(CC(=O)NCC(C)N5CCOCC5)(C4)C2)C3)n1. The zero-order valence-corrected chi connectivity index (χ0v) is 17.9. The summed E-state index contributed by atoms with van der Waals surface area (Å²) >= 11 is 0. The second kappa shape index (κ2) is 7.34. The van der Waals surface area contributed by atoms with Crippen LogP contribution in [0.25, 0.3) is 0 Å². The summed E-state index contributed by atoms with van der Waals surface area (Å²) < 4.78 is 7.60. The smallest absolute Gasteiger partial charge is 0.220 e. The highest BCUT2D eigenvalue weighted by Gasteiger charge is 2.59. The van der Waals surface area contributed by atoms with Crippen molar-refractivity contribution in [1.82, 2.24) is 25.0 Å². The van der Waals surface area contributed by atoms with Crippen LogP contribution < -0.4 is 5.32 Å². The second-order valence-electron chi connectivity index (χ2n) is 10.4. The average molecular weight is 402 g/mol. The molecular weight excluding hydrogens is 366 g/mol. The molecule has 1 aromatic rings. The van der Waals surface area contributed by atoms with Gasteiger partial charge in [-0.3, -0.25) is 9.69 Å². The Bertz CT molecular complexity index is 742. The van der Waals surface area contributed by atoms with E-state index in [1.54, 1.807) is 0 Å². The van der Waals surface area contributed by atoms with E-state index >= 15 is 0 Å². The van der Waals surface area contributed by atoms with Gasteiger partial charge in [0.2, 0.25) is 5.91 Å². The fourth-order valence-electron chi connectivity index (χ4n) is 7.26. The number of ether oxygens (including phenoxy) is 1. The number of hydrogen-bond donors (Lipinski definition) is 1. The molecule has 0 radical (unpaired) electrons. The van der Waals surface area contributed by atoms with Crippen molar-refractivity contribution < 1.29 is 9.53 Å². The second-order valence-corrected chi connectivity index (χ2v) is 10.4. The largest absolute Gasteiger partial charge is 0.379 e. The number of morpholine rings is 1. The molecule has 4 saturated carbocycles. The van der Waals surface area contributed by atoms with Crippen molar-refractivity contribution in [3.05, 3.63) is 12.2 Å². The van der Waals surface area contributed by atoms with Crippen molar-refractivity contribution in [1.29, 1.82) is 0 Å². The molecule has 1 N–H and O–H groups in total. The number of rotatable bonds is 6. The Hall–Kier alpha value is -1.47. The van der Waals surface area contributed by atoms with E-state index in [4.69, 9.17) is 9.84 Å². The maximum atomic E-state index is 13.0. The standard InChI is InChI=1S/C22H35N5O2/c1-16(26-3-5-29-6-4-26)13-23-20(28)12-21-8-18-7-19(9-21)11-22(10-18,14-21)27-15-24-17(2)25-27/h15-16,18-19H,3-14H2,1-2H3,(H,23,28). The number of aromatic nitrogens is 3. The van der Waals surface area contributed by atoms with Gasteiger partial charge in [-0.2, -0.15) is 5.10 Å². The van der Waals surface area contributed by atoms with Gasteiger partial charge in [-0.05, 0) is 69.6 Å². The molecule has 2 heterocycles. The molecule has 7 heteroatoms. The van der Waals surface area contributed by atoms with Crippen molar-refractivity contribution in [2.45, 2.75) is 70.4 Å². The third-order valence-corrected chi connectivity index (χ3v) is 8.04. The molecule has 3 atom stereocenters. The summed E-state index contributed by atoms with van der Waals surface area (Å²) in [7, 11) is 0. The van der Waals surface area contributed by atoms with E-state index in [9.17, 15) is 4.79 Å². The molecule has 1 saturated heterocycles. The highest BCUT2D eigenvalue weighted by Crippen LogP contribution is 2.65. The molecule has 6 rings (SSSR count). The first-order chi connectivity index (χ1) is 14.0. The Labute approximate surface area is 173 Å². The van der Waals surface area contributed by atoms with Crippen molar-refractivity contribution in [2.75, 3.05) is 32.8 Å². The number of amides is 1. The van der Waals surface area contributed by atoms with Crippen LogP contribution in [-0.4, -0.2) is 64.5 Å². The first-order valence-electron chi connectivity index (χ1n) is 11.4. The van der Waals surface area contributed by atoms with Gasteiger partial charge in [0, 0.05) is 32.1 Å². The molecule has 1 aromatic heterocycles. The average Bonchev–Trinajstić information content (AvgIpc) is 3.13. The lowest BCUT2D eigenvalue weighted by Gasteiger charge is -2.61. The summed E-state index contributed by atoms with van der Waals surface area (Å²) in [6.45, 7) is 8.43. The van der Waals surface area contributed by atoms with Crippen LogP contribution in [0.3, 0.4) is 0 Å². The molecule has 4 aliphatic carbocycles. The minimum absolute atomic E-state index is 0.0900. The molecule has 1 aliphatic heterocycles. The van der Waals surface area contributed by atoms with Crippen LogP contribution in [0.1, 0.15) is 57.7 Å². The fourth-order valence-corrected chi connectivity index (χ4v) is 7.26. The van der Waals surface area contributed by atoms with E-state index in [-0.39, 0.29) is 16.9 Å². The van der Waals surface area contributed by atoms with Gasteiger partial charge in [0.05, 0.1) is 18.8 Å². The van der Waals surface area contributed by atoms with E-state index in [0.717, 1.165) is 56.9 Å². The molecule has 0 spiro atoms. The molecule has 3 unspecified atom stereocenters. The van der Waals surface area contributed by atoms with Gasteiger partial charge in [0.15, 0.2) is 0 Å². The lowest BCUT2D eigenvalue weighted by Crippen LogP contribution is -2.57. The highest BCUT2D eigenvalue weighted by molar-refractivity contribution is 5.76. The minimum Gasteiger partial charge on any atom is -0.379 e. The predicted molar refractivity (Wildman–Crippen MR) is 109 cm³/mol. The molecule has 5 fully saturated rings. The topological polar surface area (TPSA) is 72.3 Å². The molecule has 7 nitrogen and oxygen atoms in total. The van der Waals surface area contributed by atoms with Crippen LogP contribution in [0.5, 0.6) is 0 Å². The fraction of sp³-hybridized carbons (Fsp3) is 0.864. The Morgan fingerprint density at radius 2 is 2.00 bits per heavy atom. The van der Waals surface area contributed by atoms with E-state index in [1.807, 2.05) is 13.3 Å². The Kier molecular flexibility index (Phi) is 4.93. The highest BCUT2D eigenvalue weighted by atomic mass is 16.5. The van der Waals surface area contributed by atoms with E-state index in [0.29, 0.717) is 12.5 Å². The third-order valence-electron chi connectivity index (χ3n) is 8.04. The van der Waals surface area contributed by atoms with Crippen LogP contribution in [0.15, 0.2) is 6.33 Å². The zero-order valence-electron chi connectivity index (χ0n) is 17.9. The van der Waals surface area contributed by atoms with E-state index in [1.165, 1.54) is 32.1 Å². The quantitative estimate of drug-likeness (QED) is 0.790. The van der Waals surface area contributed by atoms with Gasteiger partial charge in [0.1, 0.15) is 12.2 Å². The Balaban J connectivity index is 1.24. The molecule has 1 amide bonds. The summed E-state index contributed by atoms with van der Waals surface area (Å²) in [5, 5.41) is 7.97. The lowest BCUT2D eigenvalue weighted by atomic mass is 9.46. The van der Waals surface area contributed by atoms with Gasteiger partial charge in [-0.15, -0.1) is 0 Å². The van der Waals surface area contributed by atoms with Gasteiger partial charge in [-0.1, -0.05) is 0 Å². The number of nitrogens with zero attached hydrogens (tertiary/aromatic N) is 4. The number of nitrogens with one attached hydrogen (secondary N) is 1. The van der Waals surface area contributed by atoms with Crippen LogP contribution in [0, 0.1) is 24.2 Å². The summed E-state index contributed by atoms with van der Waals surface area (Å²) in [6, 6.07) is 0.365. The molecule has 0 aromatic carbocycles. The van der Waals surface area contributed by atoms with Crippen LogP contribution in [0.2, 0.25) is 0 Å². The van der Waals surface area contributed by atoms with E-state index in [2.05, 4.69) is 26.8 Å². The molecule has 160 valence electrons. The van der Waals surface area contributed by atoms with Gasteiger partial charge < -0.3 is 10.1 Å². The molecule has 4 bridgehead atoms. The van der Waals surface area contributed by atoms with Gasteiger partial charge >= 0.3 is 0 Å². The molecular formula is C22H35N5O2. The lowest BCUT2D eigenvalue weighted by molar-refractivity contribution is -0.137. The van der Waals surface area contributed by atoms with Crippen LogP contribution in [0.4, 0.5) is 0 Å².